The first-order valence-corrected chi connectivity index (χ1v) is 16.6. The van der Waals surface area contributed by atoms with Crippen LogP contribution in [-0.2, 0) is 18.9 Å². The molecule has 0 spiro atoms. The van der Waals surface area contributed by atoms with Crippen molar-refractivity contribution < 1.29 is 18.9 Å². The van der Waals surface area contributed by atoms with Crippen molar-refractivity contribution in [3.05, 3.63) is 0 Å². The molecule has 0 fully saturated rings. The van der Waals surface area contributed by atoms with Crippen LogP contribution in [0.3, 0.4) is 0 Å². The van der Waals surface area contributed by atoms with Crippen molar-refractivity contribution in [1.82, 2.24) is 0 Å². The number of hydrogen-bond acceptors (Lipinski definition) is 4. The van der Waals surface area contributed by atoms with E-state index in [4.69, 9.17) is 18.9 Å². The smallest absolute Gasteiger partial charge is 0.0637 e. The predicted octanol–water partition coefficient (Wildman–Crippen LogP) is 9.92. The maximum atomic E-state index is 6.27. The van der Waals surface area contributed by atoms with E-state index in [0.717, 1.165) is 52.1 Å². The average Bonchev–Trinajstić information content (AvgIpc) is 2.91. The summed E-state index contributed by atoms with van der Waals surface area (Å²) in [6.07, 6.45) is 25.3. The Hall–Kier alpha value is -0.160. The van der Waals surface area contributed by atoms with Crippen LogP contribution in [0.5, 0.6) is 0 Å². The Labute approximate surface area is 233 Å². The van der Waals surface area contributed by atoms with Gasteiger partial charge in [0.15, 0.2) is 0 Å². The highest BCUT2D eigenvalue weighted by atomic mass is 16.5. The maximum Gasteiger partial charge on any atom is 0.0637 e. The lowest BCUT2D eigenvalue weighted by Gasteiger charge is -2.33. The fourth-order valence-corrected chi connectivity index (χ4v) is 4.64. The van der Waals surface area contributed by atoms with E-state index in [1.165, 1.54) is 103 Å². The highest BCUT2D eigenvalue weighted by Crippen LogP contribution is 2.22. The third kappa shape index (κ3) is 25.9. The van der Waals surface area contributed by atoms with Gasteiger partial charge in [-0.25, -0.2) is 0 Å². The third-order valence-corrected chi connectivity index (χ3v) is 7.20. The molecule has 0 heterocycles. The van der Waals surface area contributed by atoms with Crippen LogP contribution < -0.4 is 0 Å². The maximum absolute atomic E-state index is 6.27. The zero-order valence-electron chi connectivity index (χ0n) is 25.9. The van der Waals surface area contributed by atoms with Crippen molar-refractivity contribution in [3.63, 3.8) is 0 Å². The van der Waals surface area contributed by atoms with Crippen molar-refractivity contribution >= 4 is 0 Å². The van der Waals surface area contributed by atoms with Crippen molar-refractivity contribution in [3.8, 4) is 0 Å². The summed E-state index contributed by atoms with van der Waals surface area (Å²) in [6, 6.07) is 0. The fourth-order valence-electron chi connectivity index (χ4n) is 4.64. The molecule has 4 heteroatoms. The van der Waals surface area contributed by atoms with Crippen molar-refractivity contribution in [2.24, 2.45) is 5.41 Å². The average molecular weight is 529 g/mol. The molecule has 0 saturated heterocycles. The zero-order valence-corrected chi connectivity index (χ0v) is 25.9. The second kappa shape index (κ2) is 30.4. The van der Waals surface area contributed by atoms with E-state index in [-0.39, 0.29) is 5.41 Å². The van der Waals surface area contributed by atoms with Gasteiger partial charge in [-0.3, -0.25) is 0 Å². The van der Waals surface area contributed by atoms with Crippen LogP contribution in [0.25, 0.3) is 0 Å². The first-order chi connectivity index (χ1) is 18.2. The summed E-state index contributed by atoms with van der Waals surface area (Å²) in [5.74, 6) is 0. The molecule has 0 N–H and O–H groups in total. The van der Waals surface area contributed by atoms with Crippen LogP contribution in [0.15, 0.2) is 0 Å². The van der Waals surface area contributed by atoms with E-state index in [9.17, 15) is 0 Å². The van der Waals surface area contributed by atoms with Gasteiger partial charge in [0, 0.05) is 26.4 Å². The number of unbranched alkanes of at least 4 members (excludes halogenated alkanes) is 16. The molecule has 0 rings (SSSR count). The summed E-state index contributed by atoms with van der Waals surface area (Å²) in [5.41, 5.74) is -0.209. The molecule has 4 nitrogen and oxygen atoms in total. The zero-order chi connectivity index (χ0) is 27.1. The molecule has 0 aromatic heterocycles. The molecule has 0 amide bonds. The van der Waals surface area contributed by atoms with E-state index in [0.29, 0.717) is 26.4 Å². The van der Waals surface area contributed by atoms with Gasteiger partial charge in [-0.05, 0) is 25.7 Å². The number of hydrogen-bond donors (Lipinski definition) is 0. The monoisotopic (exact) mass is 529 g/mol. The van der Waals surface area contributed by atoms with Gasteiger partial charge in [-0.1, -0.05) is 130 Å². The van der Waals surface area contributed by atoms with Gasteiger partial charge in [0.05, 0.1) is 31.8 Å². The summed E-state index contributed by atoms with van der Waals surface area (Å²) in [6.45, 7) is 15.1. The Bertz CT molecular complexity index is 338. The Morgan fingerprint density at radius 1 is 0.297 bits per heavy atom. The number of ether oxygens (including phenoxy) is 4. The highest BCUT2D eigenvalue weighted by Gasteiger charge is 2.32. The van der Waals surface area contributed by atoms with Crippen molar-refractivity contribution in [2.45, 2.75) is 156 Å². The lowest BCUT2D eigenvalue weighted by Crippen LogP contribution is -2.42. The van der Waals surface area contributed by atoms with Crippen molar-refractivity contribution in [1.29, 1.82) is 0 Å². The summed E-state index contributed by atoms with van der Waals surface area (Å²) < 4.78 is 25.1. The van der Waals surface area contributed by atoms with Crippen molar-refractivity contribution in [2.75, 3.05) is 52.9 Å². The van der Waals surface area contributed by atoms with Crippen LogP contribution in [0.2, 0.25) is 0 Å². The molecule has 0 aliphatic rings. The van der Waals surface area contributed by atoms with Gasteiger partial charge in [0.1, 0.15) is 0 Å². The summed E-state index contributed by atoms with van der Waals surface area (Å²) in [7, 11) is 0. The SMILES string of the molecule is CCCCCCCOCC(COCCCCCCC)(COCCCCCCC)COCCCCCCC. The molecule has 37 heavy (non-hydrogen) atoms. The minimum Gasteiger partial charge on any atom is -0.381 e. The topological polar surface area (TPSA) is 36.9 Å². The summed E-state index contributed by atoms with van der Waals surface area (Å²) in [4.78, 5) is 0. The van der Waals surface area contributed by atoms with Crippen LogP contribution in [0.4, 0.5) is 0 Å². The molecule has 0 aliphatic heterocycles. The molecule has 0 aromatic rings. The Kier molecular flexibility index (Phi) is 30.3. The van der Waals surface area contributed by atoms with Gasteiger partial charge >= 0.3 is 0 Å². The predicted molar refractivity (Wildman–Crippen MR) is 161 cm³/mol. The van der Waals surface area contributed by atoms with Gasteiger partial charge in [-0.2, -0.15) is 0 Å². The fraction of sp³-hybridized carbons (Fsp3) is 1.00. The summed E-state index contributed by atoms with van der Waals surface area (Å²) >= 11 is 0. The van der Waals surface area contributed by atoms with E-state index < -0.39 is 0 Å². The van der Waals surface area contributed by atoms with E-state index in [1.54, 1.807) is 0 Å². The largest absolute Gasteiger partial charge is 0.381 e. The Balaban J connectivity index is 4.78. The minimum atomic E-state index is -0.209. The molecule has 224 valence electrons. The third-order valence-electron chi connectivity index (χ3n) is 7.20. The molecule has 0 bridgehead atoms. The normalized spacial score (nSPS) is 12.0. The van der Waals surface area contributed by atoms with Crippen LogP contribution in [-0.4, -0.2) is 52.9 Å². The molecular formula is C33H68O4. The molecule has 0 atom stereocenters. The lowest BCUT2D eigenvalue weighted by atomic mass is 9.92. The second-order valence-corrected chi connectivity index (χ2v) is 11.4. The number of rotatable bonds is 32. The standard InChI is InChI=1S/C33H68O4/c1-5-9-13-17-21-25-34-29-33(30-35-26-22-18-14-10-6-2,31-36-27-23-19-15-11-7-3)32-37-28-24-20-16-12-8-4/h5-32H2,1-4H3. The molecule has 0 aliphatic carbocycles. The van der Waals surface area contributed by atoms with Crippen LogP contribution >= 0.6 is 0 Å². The molecule has 0 aromatic carbocycles. The van der Waals surface area contributed by atoms with Gasteiger partial charge in [-0.15, -0.1) is 0 Å². The van der Waals surface area contributed by atoms with E-state index in [2.05, 4.69) is 27.7 Å². The second-order valence-electron chi connectivity index (χ2n) is 11.4. The highest BCUT2D eigenvalue weighted by molar-refractivity contribution is 4.79. The van der Waals surface area contributed by atoms with Gasteiger partial charge in [0.2, 0.25) is 0 Å². The Morgan fingerprint density at radius 3 is 0.730 bits per heavy atom. The molecule has 0 saturated carbocycles. The van der Waals surface area contributed by atoms with Crippen LogP contribution in [0, 0.1) is 5.41 Å². The molecular weight excluding hydrogens is 460 g/mol. The van der Waals surface area contributed by atoms with Gasteiger partial charge < -0.3 is 18.9 Å². The quantitative estimate of drug-likeness (QED) is 0.0814. The molecule has 0 unspecified atom stereocenters. The first-order valence-electron chi connectivity index (χ1n) is 16.6. The summed E-state index contributed by atoms with van der Waals surface area (Å²) in [5, 5.41) is 0. The Morgan fingerprint density at radius 2 is 0.514 bits per heavy atom. The van der Waals surface area contributed by atoms with E-state index >= 15 is 0 Å². The van der Waals surface area contributed by atoms with Crippen LogP contribution in [0.1, 0.15) is 156 Å². The lowest BCUT2D eigenvalue weighted by molar-refractivity contribution is -0.108. The molecule has 0 radical (unpaired) electrons. The minimum absolute atomic E-state index is 0.209. The van der Waals surface area contributed by atoms with E-state index in [1.807, 2.05) is 0 Å². The van der Waals surface area contributed by atoms with Gasteiger partial charge in [0.25, 0.3) is 0 Å². The first kappa shape index (κ1) is 36.8.